The second-order valence-corrected chi connectivity index (χ2v) is 8.15. The van der Waals surface area contributed by atoms with Gasteiger partial charge in [-0.05, 0) is 68.1 Å². The van der Waals surface area contributed by atoms with E-state index < -0.39 is 0 Å². The fourth-order valence-electron chi connectivity index (χ4n) is 4.39. The molecule has 3 heteroatoms. The van der Waals surface area contributed by atoms with Gasteiger partial charge in [0.1, 0.15) is 0 Å². The van der Waals surface area contributed by atoms with Crippen LogP contribution in [0.1, 0.15) is 71.3 Å². The van der Waals surface area contributed by atoms with Crippen LogP contribution < -0.4 is 0 Å². The zero-order valence-electron chi connectivity index (χ0n) is 14.9. The zero-order valence-corrected chi connectivity index (χ0v) is 16.4. The van der Waals surface area contributed by atoms with Crippen LogP contribution in [0, 0.1) is 5.92 Å². The van der Waals surface area contributed by atoms with Gasteiger partial charge in [0.05, 0.1) is 15.6 Å². The van der Waals surface area contributed by atoms with E-state index in [9.17, 15) is 0 Å². The van der Waals surface area contributed by atoms with Gasteiger partial charge in [0.2, 0.25) is 0 Å². The molecule has 1 nitrogen and oxygen atoms in total. The molecule has 1 aromatic carbocycles. The summed E-state index contributed by atoms with van der Waals surface area (Å²) in [6.07, 6.45) is 8.22. The van der Waals surface area contributed by atoms with Crippen molar-refractivity contribution >= 4 is 23.2 Å². The summed E-state index contributed by atoms with van der Waals surface area (Å²) in [6.45, 7) is 6.85. The second kappa shape index (κ2) is 7.76. The smallest absolute Gasteiger partial charge is 0.0651 e. The van der Waals surface area contributed by atoms with Crippen molar-refractivity contribution in [3.63, 3.8) is 0 Å². The summed E-state index contributed by atoms with van der Waals surface area (Å²) < 4.78 is 5.78. The van der Waals surface area contributed by atoms with Gasteiger partial charge in [0.15, 0.2) is 0 Å². The fourth-order valence-corrected chi connectivity index (χ4v) is 4.69. The summed E-state index contributed by atoms with van der Waals surface area (Å²) in [4.78, 5) is 0. The van der Waals surface area contributed by atoms with E-state index in [2.05, 4.69) is 32.9 Å². The molecule has 0 aromatic heterocycles. The summed E-state index contributed by atoms with van der Waals surface area (Å²) in [5.74, 6) is 0.686. The Kier molecular flexibility index (Phi) is 6.44. The first-order chi connectivity index (χ1) is 10.9. The highest BCUT2D eigenvalue weighted by atomic mass is 35.5. The molecule has 1 aromatic rings. The Balaban J connectivity index is 2.41. The monoisotopic (exact) mass is 356 g/mol. The largest absolute Gasteiger partial charge is 0.379 e. The molecule has 0 heterocycles. The Hall–Kier alpha value is -0.240. The predicted molar refractivity (Wildman–Crippen MR) is 101 cm³/mol. The van der Waals surface area contributed by atoms with Crippen LogP contribution in [-0.4, -0.2) is 12.7 Å². The number of hydrogen-bond acceptors (Lipinski definition) is 1. The highest BCUT2D eigenvalue weighted by Crippen LogP contribution is 2.51. The minimum atomic E-state index is 0.0181. The summed E-state index contributed by atoms with van der Waals surface area (Å²) in [6, 6.07) is 6.27. The maximum absolute atomic E-state index is 6.35. The number of halogens is 2. The van der Waals surface area contributed by atoms with E-state index in [1.807, 2.05) is 13.2 Å². The van der Waals surface area contributed by atoms with Crippen molar-refractivity contribution < 1.29 is 4.74 Å². The van der Waals surface area contributed by atoms with Crippen LogP contribution in [0.4, 0.5) is 0 Å². The first-order valence-corrected chi connectivity index (χ1v) is 9.67. The van der Waals surface area contributed by atoms with E-state index in [0.29, 0.717) is 16.0 Å². The number of ether oxygens (including phenoxy) is 1. The SMILES string of the molecule is CCC[C@H](CC)[C@]1(c2ccc(Cl)c(Cl)c2)CC[C@@](C)(OC)CC1. The molecule has 130 valence electrons. The minimum Gasteiger partial charge on any atom is -0.379 e. The van der Waals surface area contributed by atoms with Crippen molar-refractivity contribution in [3.05, 3.63) is 33.8 Å². The lowest BCUT2D eigenvalue weighted by molar-refractivity contribution is -0.0488. The van der Waals surface area contributed by atoms with Gasteiger partial charge in [-0.3, -0.25) is 0 Å². The third-order valence-electron chi connectivity index (χ3n) is 6.10. The molecule has 0 aliphatic heterocycles. The average Bonchev–Trinajstić information content (AvgIpc) is 2.56. The van der Waals surface area contributed by atoms with E-state index >= 15 is 0 Å². The average molecular weight is 357 g/mol. The molecule has 0 radical (unpaired) electrons. The molecule has 2 rings (SSSR count). The highest BCUT2D eigenvalue weighted by molar-refractivity contribution is 6.42. The van der Waals surface area contributed by atoms with Gasteiger partial charge in [-0.1, -0.05) is 56.0 Å². The Morgan fingerprint density at radius 2 is 1.74 bits per heavy atom. The van der Waals surface area contributed by atoms with Crippen molar-refractivity contribution in [2.45, 2.75) is 76.7 Å². The van der Waals surface area contributed by atoms with Gasteiger partial charge in [0, 0.05) is 7.11 Å². The van der Waals surface area contributed by atoms with Gasteiger partial charge in [0.25, 0.3) is 0 Å². The van der Waals surface area contributed by atoms with Crippen molar-refractivity contribution in [3.8, 4) is 0 Å². The third-order valence-corrected chi connectivity index (χ3v) is 6.84. The molecule has 0 bridgehead atoms. The molecule has 1 saturated carbocycles. The maximum atomic E-state index is 6.35. The number of benzene rings is 1. The van der Waals surface area contributed by atoms with Crippen LogP contribution in [0.2, 0.25) is 10.0 Å². The molecule has 1 aliphatic carbocycles. The Morgan fingerprint density at radius 3 is 2.22 bits per heavy atom. The lowest BCUT2D eigenvalue weighted by Gasteiger charge is -2.49. The normalized spacial score (nSPS) is 29.5. The van der Waals surface area contributed by atoms with E-state index in [4.69, 9.17) is 27.9 Å². The fraction of sp³-hybridized carbons (Fsp3) is 0.700. The number of methoxy groups -OCH3 is 1. The first kappa shape index (κ1) is 19.1. The van der Waals surface area contributed by atoms with Crippen LogP contribution in [0.15, 0.2) is 18.2 Å². The zero-order chi connectivity index (χ0) is 17.1. The minimum absolute atomic E-state index is 0.0181. The molecular weight excluding hydrogens is 327 g/mol. The van der Waals surface area contributed by atoms with Crippen LogP contribution in [0.3, 0.4) is 0 Å². The molecular formula is C20H30Cl2O. The van der Waals surface area contributed by atoms with E-state index in [1.54, 1.807) is 0 Å². The van der Waals surface area contributed by atoms with Crippen LogP contribution in [0.25, 0.3) is 0 Å². The molecule has 0 amide bonds. The van der Waals surface area contributed by atoms with E-state index in [-0.39, 0.29) is 11.0 Å². The van der Waals surface area contributed by atoms with E-state index in [1.165, 1.54) is 24.8 Å². The quantitative estimate of drug-likeness (QED) is 0.531. The summed E-state index contributed by atoms with van der Waals surface area (Å²) in [7, 11) is 1.84. The molecule has 1 fully saturated rings. The van der Waals surface area contributed by atoms with Crippen LogP contribution >= 0.6 is 23.2 Å². The van der Waals surface area contributed by atoms with Crippen molar-refractivity contribution in [1.29, 1.82) is 0 Å². The van der Waals surface area contributed by atoms with Crippen molar-refractivity contribution in [2.24, 2.45) is 5.92 Å². The summed E-state index contributed by atoms with van der Waals surface area (Å²) in [5.41, 5.74) is 1.59. The van der Waals surface area contributed by atoms with Gasteiger partial charge < -0.3 is 4.74 Å². The maximum Gasteiger partial charge on any atom is 0.0651 e. The van der Waals surface area contributed by atoms with Gasteiger partial charge in [-0.25, -0.2) is 0 Å². The predicted octanol–water partition coefficient (Wildman–Crippen LogP) is 7.04. The summed E-state index contributed by atoms with van der Waals surface area (Å²) >= 11 is 12.5. The topological polar surface area (TPSA) is 9.23 Å². The molecule has 23 heavy (non-hydrogen) atoms. The molecule has 0 spiro atoms. The standard InChI is InChI=1S/C20H30Cl2O/c1-5-7-15(6-2)20(12-10-19(3,23-4)11-13-20)16-8-9-17(21)18(22)14-16/h8-9,14-15H,5-7,10-13H2,1-4H3/t15-,19-,20+/m0/s1. The lowest BCUT2D eigenvalue weighted by atomic mass is 9.58. The van der Waals surface area contributed by atoms with Gasteiger partial charge in [-0.15, -0.1) is 0 Å². The van der Waals surface area contributed by atoms with Crippen molar-refractivity contribution in [1.82, 2.24) is 0 Å². The lowest BCUT2D eigenvalue weighted by Crippen LogP contribution is -2.45. The molecule has 0 unspecified atom stereocenters. The van der Waals surface area contributed by atoms with Gasteiger partial charge in [-0.2, -0.15) is 0 Å². The van der Waals surface area contributed by atoms with E-state index in [0.717, 1.165) is 25.7 Å². The molecule has 0 N–H and O–H groups in total. The second-order valence-electron chi connectivity index (χ2n) is 7.33. The Labute approximate surface area is 151 Å². The summed E-state index contributed by atoms with van der Waals surface area (Å²) in [5, 5.41) is 1.32. The first-order valence-electron chi connectivity index (χ1n) is 8.91. The van der Waals surface area contributed by atoms with Crippen molar-refractivity contribution in [2.75, 3.05) is 7.11 Å². The molecule has 1 aliphatic rings. The van der Waals surface area contributed by atoms with Gasteiger partial charge >= 0.3 is 0 Å². The Morgan fingerprint density at radius 1 is 1.09 bits per heavy atom. The highest BCUT2D eigenvalue weighted by Gasteiger charge is 2.45. The molecule has 0 saturated heterocycles. The third kappa shape index (κ3) is 3.89. The number of rotatable bonds is 6. The Bertz CT molecular complexity index is 518. The van der Waals surface area contributed by atoms with Crippen LogP contribution in [0.5, 0.6) is 0 Å². The number of hydrogen-bond donors (Lipinski definition) is 0. The van der Waals surface area contributed by atoms with Crippen LogP contribution in [-0.2, 0) is 10.2 Å². The molecule has 1 atom stereocenters.